The number of carbonyl (C=O) groups excluding carboxylic acids is 1. The van der Waals surface area contributed by atoms with Crippen LogP contribution in [-0.2, 0) is 18.5 Å². The molecule has 32 heavy (non-hydrogen) atoms. The van der Waals surface area contributed by atoms with Crippen LogP contribution in [0.1, 0.15) is 73.1 Å². The van der Waals surface area contributed by atoms with E-state index in [2.05, 4.69) is 45.5 Å². The number of fused-ring (bicyclic) bond motifs is 3. The van der Waals surface area contributed by atoms with Gasteiger partial charge in [0.2, 0.25) is 0 Å². The molecular weight excluding hydrogens is 404 g/mol. The van der Waals surface area contributed by atoms with Crippen LogP contribution in [0.5, 0.6) is 5.75 Å². The third-order valence-corrected chi connectivity index (χ3v) is 7.10. The molecular formula is C25H30N4O3. The van der Waals surface area contributed by atoms with E-state index in [0.717, 1.165) is 57.8 Å². The molecule has 3 heterocycles. The predicted molar refractivity (Wildman–Crippen MR) is 123 cm³/mol. The number of nitrogens with one attached hydrogen (secondary N) is 1. The molecule has 1 fully saturated rings. The van der Waals surface area contributed by atoms with Crippen molar-refractivity contribution in [3.63, 3.8) is 0 Å². The smallest absolute Gasteiger partial charge is 0.275 e. The summed E-state index contributed by atoms with van der Waals surface area (Å²) < 4.78 is 3.99. The minimum atomic E-state index is -0.713. The zero-order valence-electron chi connectivity index (χ0n) is 18.3. The zero-order valence-corrected chi connectivity index (χ0v) is 18.3. The Morgan fingerprint density at radius 2 is 1.94 bits per heavy atom. The average molecular weight is 435 g/mol. The van der Waals surface area contributed by atoms with Crippen molar-refractivity contribution < 1.29 is 9.90 Å². The van der Waals surface area contributed by atoms with E-state index in [4.69, 9.17) is 0 Å². The summed E-state index contributed by atoms with van der Waals surface area (Å²) >= 11 is 0. The van der Waals surface area contributed by atoms with Gasteiger partial charge < -0.3 is 15.0 Å². The van der Waals surface area contributed by atoms with Gasteiger partial charge in [-0.25, -0.2) is 0 Å². The molecule has 5 rings (SSSR count). The fourth-order valence-corrected chi connectivity index (χ4v) is 5.48. The number of nitrogens with zero attached hydrogens (tertiary/aromatic N) is 3. The second-order valence-electron chi connectivity index (χ2n) is 9.30. The maximum atomic E-state index is 12.7. The fourth-order valence-electron chi connectivity index (χ4n) is 5.48. The molecule has 3 aliphatic rings. The topological polar surface area (TPSA) is 89.1 Å². The van der Waals surface area contributed by atoms with Gasteiger partial charge in [-0.15, -0.1) is 0 Å². The number of aromatic nitrogens is 3. The minimum absolute atomic E-state index is 0.198. The molecule has 6 bridgehead atoms. The number of aromatic hydroxyl groups is 1. The van der Waals surface area contributed by atoms with Crippen LogP contribution < -0.4 is 10.7 Å². The van der Waals surface area contributed by atoms with Crippen molar-refractivity contribution in [3.8, 4) is 5.75 Å². The monoisotopic (exact) mass is 434 g/mol. The Hall–Kier alpha value is -3.09. The highest BCUT2D eigenvalue weighted by Gasteiger charge is 2.38. The third-order valence-electron chi connectivity index (χ3n) is 7.10. The van der Waals surface area contributed by atoms with Gasteiger partial charge in [0.15, 0.2) is 11.4 Å². The molecule has 0 radical (unpaired) electrons. The van der Waals surface area contributed by atoms with Crippen LogP contribution in [0.4, 0.5) is 0 Å². The van der Waals surface area contributed by atoms with Crippen LogP contribution in [-0.4, -0.2) is 31.9 Å². The molecule has 1 saturated carbocycles. The standard InChI is InChI=1S/C25H30N4O3/c30-21-16-28-17-25(11-3-4-12-25)29-14-10-19-15-18(8-6-9-20(19)29)7-2-1-5-13-26-24(32)22(27-28)23(21)31/h6,8,10,14-16,30H,1-5,7,9,11-13,17H2,(H,26,32). The normalized spacial score (nSPS) is 20.6. The maximum absolute atomic E-state index is 12.7. The molecule has 0 saturated heterocycles. The zero-order chi connectivity index (χ0) is 22.1. The van der Waals surface area contributed by atoms with Crippen molar-refractivity contribution >= 4 is 12.0 Å². The lowest BCUT2D eigenvalue weighted by atomic mass is 9.96. The first-order valence-corrected chi connectivity index (χ1v) is 11.7. The Kier molecular flexibility index (Phi) is 5.49. The van der Waals surface area contributed by atoms with Crippen LogP contribution in [0.2, 0.25) is 0 Å². The number of amides is 1. The second kappa shape index (κ2) is 8.45. The molecule has 2 N–H and O–H groups in total. The largest absolute Gasteiger partial charge is 0.503 e. The first kappa shape index (κ1) is 20.8. The number of allylic oxidation sites excluding steroid dienone is 3. The highest BCUT2D eigenvalue weighted by Crippen LogP contribution is 2.41. The van der Waals surface area contributed by atoms with E-state index in [1.54, 1.807) is 4.68 Å². The fraction of sp³-hybridized carbons (Fsp3) is 0.480. The summed E-state index contributed by atoms with van der Waals surface area (Å²) in [5.74, 6) is -0.948. The summed E-state index contributed by atoms with van der Waals surface area (Å²) in [5.41, 5.74) is 2.77. The van der Waals surface area contributed by atoms with Gasteiger partial charge in [-0.2, -0.15) is 5.10 Å². The third kappa shape index (κ3) is 3.80. The van der Waals surface area contributed by atoms with Gasteiger partial charge >= 0.3 is 0 Å². The van der Waals surface area contributed by atoms with Gasteiger partial charge in [0.1, 0.15) is 0 Å². The molecule has 168 valence electrons. The van der Waals surface area contributed by atoms with Gasteiger partial charge in [0.25, 0.3) is 11.3 Å². The molecule has 0 atom stereocenters. The van der Waals surface area contributed by atoms with Crippen LogP contribution in [0, 0.1) is 0 Å². The Morgan fingerprint density at radius 3 is 2.78 bits per heavy atom. The molecule has 1 aliphatic heterocycles. The molecule has 7 nitrogen and oxygen atoms in total. The van der Waals surface area contributed by atoms with Gasteiger partial charge in [-0.05, 0) is 55.4 Å². The lowest BCUT2D eigenvalue weighted by Gasteiger charge is -2.34. The summed E-state index contributed by atoms with van der Waals surface area (Å²) in [6, 6.07) is 2.21. The summed E-state index contributed by atoms with van der Waals surface area (Å²) in [4.78, 5) is 25.1. The quantitative estimate of drug-likeness (QED) is 0.664. The van der Waals surface area contributed by atoms with Gasteiger partial charge in [0.05, 0.1) is 18.3 Å². The van der Waals surface area contributed by atoms with E-state index in [1.165, 1.54) is 23.0 Å². The van der Waals surface area contributed by atoms with Crippen LogP contribution in [0.15, 0.2) is 41.0 Å². The highest BCUT2D eigenvalue weighted by molar-refractivity contribution is 5.92. The van der Waals surface area contributed by atoms with Crippen molar-refractivity contribution in [1.29, 1.82) is 0 Å². The number of hydrogen-bond donors (Lipinski definition) is 2. The van der Waals surface area contributed by atoms with Crippen LogP contribution in [0.25, 0.3) is 6.08 Å². The average Bonchev–Trinajstić information content (AvgIpc) is 3.35. The predicted octanol–water partition coefficient (Wildman–Crippen LogP) is 3.52. The molecule has 0 unspecified atom stereocenters. The van der Waals surface area contributed by atoms with Crippen molar-refractivity contribution in [1.82, 2.24) is 19.7 Å². The van der Waals surface area contributed by atoms with Crippen molar-refractivity contribution in [3.05, 3.63) is 63.4 Å². The maximum Gasteiger partial charge on any atom is 0.275 e. The first-order chi connectivity index (χ1) is 15.6. The summed E-state index contributed by atoms with van der Waals surface area (Å²) in [5, 5.41) is 17.5. The molecule has 2 aromatic heterocycles. The molecule has 1 amide bonds. The van der Waals surface area contributed by atoms with E-state index in [9.17, 15) is 14.7 Å². The van der Waals surface area contributed by atoms with E-state index >= 15 is 0 Å². The lowest BCUT2D eigenvalue weighted by molar-refractivity contribution is 0.0942. The van der Waals surface area contributed by atoms with E-state index < -0.39 is 17.1 Å². The van der Waals surface area contributed by atoms with Crippen LogP contribution >= 0.6 is 0 Å². The van der Waals surface area contributed by atoms with Crippen molar-refractivity contribution in [2.24, 2.45) is 0 Å². The Bertz CT molecular complexity index is 1150. The molecule has 0 aromatic carbocycles. The summed E-state index contributed by atoms with van der Waals surface area (Å²) in [7, 11) is 0. The van der Waals surface area contributed by atoms with Gasteiger partial charge in [-0.1, -0.05) is 31.4 Å². The lowest BCUT2D eigenvalue weighted by Crippen LogP contribution is -2.38. The number of rotatable bonds is 0. The SMILES string of the molecule is O=C1NCCCCCC2=Cc3ccn(c3CC=C2)C2(CCCC2)Cn2cc(O)c(=O)c1n2. The van der Waals surface area contributed by atoms with E-state index in [1.807, 2.05) is 0 Å². The molecule has 7 heteroatoms. The highest BCUT2D eigenvalue weighted by atomic mass is 16.3. The summed E-state index contributed by atoms with van der Waals surface area (Å²) in [6.45, 7) is 0.989. The second-order valence-corrected chi connectivity index (χ2v) is 9.30. The number of hydrogen-bond acceptors (Lipinski definition) is 4. The Labute approximate surface area is 187 Å². The molecule has 2 aromatic rings. The summed E-state index contributed by atoms with van der Waals surface area (Å²) in [6.07, 6.45) is 19.4. The van der Waals surface area contributed by atoms with Gasteiger partial charge in [0, 0.05) is 24.9 Å². The van der Waals surface area contributed by atoms with Crippen molar-refractivity contribution in [2.45, 2.75) is 69.9 Å². The first-order valence-electron chi connectivity index (χ1n) is 11.7. The van der Waals surface area contributed by atoms with Crippen molar-refractivity contribution in [2.75, 3.05) is 6.54 Å². The Morgan fingerprint density at radius 1 is 1.09 bits per heavy atom. The Balaban J connectivity index is 1.62. The molecule has 2 aliphatic carbocycles. The van der Waals surface area contributed by atoms with Crippen LogP contribution in [0.3, 0.4) is 0 Å². The van der Waals surface area contributed by atoms with E-state index in [0.29, 0.717) is 13.1 Å². The minimum Gasteiger partial charge on any atom is -0.503 e. The molecule has 1 spiro atoms. The van der Waals surface area contributed by atoms with E-state index in [-0.39, 0.29) is 11.2 Å². The van der Waals surface area contributed by atoms with Gasteiger partial charge in [-0.3, -0.25) is 14.3 Å². The number of carbonyl (C=O) groups is 1.